The van der Waals surface area contributed by atoms with Gasteiger partial charge >= 0.3 is 6.09 Å². The second-order valence-electron chi connectivity index (χ2n) is 3.89. The zero-order valence-electron chi connectivity index (χ0n) is 8.86. The van der Waals surface area contributed by atoms with Crippen molar-refractivity contribution in [3.63, 3.8) is 0 Å². The van der Waals surface area contributed by atoms with Crippen LogP contribution in [-0.2, 0) is 9.47 Å². The Labute approximate surface area is 84.7 Å². The monoisotopic (exact) mass is 201 g/mol. The molecule has 0 spiro atoms. The average Bonchev–Trinajstić information content (AvgIpc) is 2.09. The molecule has 1 rings (SSSR count). The van der Waals surface area contributed by atoms with E-state index in [1.54, 1.807) is 0 Å². The Hall–Kier alpha value is -0.770. The van der Waals surface area contributed by atoms with Gasteiger partial charge in [0.2, 0.25) is 0 Å². The van der Waals surface area contributed by atoms with Crippen LogP contribution in [0.25, 0.3) is 0 Å². The standard InChI is InChI=1S/C10H19NO3/c1-3-13-8-5-4-7(2)6-9(8)14-10(11)12/h7-9H,3-6H2,1-2H3,(H2,11,12). The number of hydrogen-bond acceptors (Lipinski definition) is 3. The van der Waals surface area contributed by atoms with Gasteiger partial charge in [0.1, 0.15) is 6.10 Å². The first-order chi connectivity index (χ1) is 6.63. The molecule has 3 unspecified atom stereocenters. The molecule has 0 aromatic heterocycles. The molecule has 1 aliphatic rings. The SMILES string of the molecule is CCOC1CCC(C)CC1OC(N)=O. The summed E-state index contributed by atoms with van der Waals surface area (Å²) in [5.41, 5.74) is 5.01. The van der Waals surface area contributed by atoms with Gasteiger partial charge in [0.25, 0.3) is 0 Å². The highest BCUT2D eigenvalue weighted by Gasteiger charge is 2.31. The van der Waals surface area contributed by atoms with Gasteiger partial charge in [-0.1, -0.05) is 6.92 Å². The van der Waals surface area contributed by atoms with Gasteiger partial charge in [-0.2, -0.15) is 0 Å². The molecule has 0 aliphatic heterocycles. The summed E-state index contributed by atoms with van der Waals surface area (Å²) in [6.07, 6.45) is 2.11. The minimum atomic E-state index is -0.700. The van der Waals surface area contributed by atoms with Gasteiger partial charge in [0.05, 0.1) is 6.10 Å². The smallest absolute Gasteiger partial charge is 0.404 e. The summed E-state index contributed by atoms with van der Waals surface area (Å²) in [5.74, 6) is 0.580. The fraction of sp³-hybridized carbons (Fsp3) is 0.900. The lowest BCUT2D eigenvalue weighted by molar-refractivity contribution is -0.0679. The Morgan fingerprint density at radius 3 is 2.71 bits per heavy atom. The lowest BCUT2D eigenvalue weighted by Crippen LogP contribution is -2.40. The predicted octanol–water partition coefficient (Wildman–Crippen LogP) is 1.68. The van der Waals surface area contributed by atoms with Gasteiger partial charge in [0.15, 0.2) is 0 Å². The number of amides is 1. The van der Waals surface area contributed by atoms with Gasteiger partial charge in [-0.25, -0.2) is 4.79 Å². The summed E-state index contributed by atoms with van der Waals surface area (Å²) in [6, 6.07) is 0. The largest absolute Gasteiger partial charge is 0.444 e. The number of rotatable bonds is 3. The van der Waals surface area contributed by atoms with Crippen LogP contribution in [0, 0.1) is 5.92 Å². The third-order valence-electron chi connectivity index (χ3n) is 2.64. The maximum Gasteiger partial charge on any atom is 0.404 e. The number of nitrogens with two attached hydrogens (primary N) is 1. The summed E-state index contributed by atoms with van der Waals surface area (Å²) in [6.45, 7) is 4.75. The predicted molar refractivity (Wildman–Crippen MR) is 52.9 cm³/mol. The maximum atomic E-state index is 10.7. The Balaban J connectivity index is 2.49. The van der Waals surface area contributed by atoms with Crippen molar-refractivity contribution in [2.75, 3.05) is 6.61 Å². The van der Waals surface area contributed by atoms with Crippen molar-refractivity contribution in [2.45, 2.75) is 45.3 Å². The molecule has 0 bridgehead atoms. The van der Waals surface area contributed by atoms with Crippen molar-refractivity contribution in [3.8, 4) is 0 Å². The van der Waals surface area contributed by atoms with Gasteiger partial charge in [0, 0.05) is 6.61 Å². The zero-order chi connectivity index (χ0) is 10.6. The number of ether oxygens (including phenoxy) is 2. The van der Waals surface area contributed by atoms with E-state index in [-0.39, 0.29) is 12.2 Å². The summed E-state index contributed by atoms with van der Waals surface area (Å²) in [4.78, 5) is 10.7. The van der Waals surface area contributed by atoms with Crippen molar-refractivity contribution in [2.24, 2.45) is 11.7 Å². The highest BCUT2D eigenvalue weighted by molar-refractivity contribution is 5.64. The number of carbonyl (C=O) groups excluding carboxylic acids is 1. The number of carbonyl (C=O) groups is 1. The van der Waals surface area contributed by atoms with Gasteiger partial charge < -0.3 is 15.2 Å². The van der Waals surface area contributed by atoms with Crippen LogP contribution in [0.2, 0.25) is 0 Å². The molecule has 0 heterocycles. The average molecular weight is 201 g/mol. The van der Waals surface area contributed by atoms with Crippen LogP contribution in [-0.4, -0.2) is 24.9 Å². The minimum Gasteiger partial charge on any atom is -0.444 e. The molecule has 14 heavy (non-hydrogen) atoms. The van der Waals surface area contributed by atoms with Gasteiger partial charge in [-0.15, -0.1) is 0 Å². The number of hydrogen-bond donors (Lipinski definition) is 1. The fourth-order valence-corrected chi connectivity index (χ4v) is 1.98. The van der Waals surface area contributed by atoms with E-state index in [0.29, 0.717) is 12.5 Å². The van der Waals surface area contributed by atoms with Crippen molar-refractivity contribution in [3.05, 3.63) is 0 Å². The second kappa shape index (κ2) is 5.20. The molecule has 1 amide bonds. The molecular formula is C10H19NO3. The number of primary amides is 1. The molecule has 1 saturated carbocycles. The van der Waals surface area contributed by atoms with E-state index < -0.39 is 6.09 Å². The molecule has 2 N–H and O–H groups in total. The van der Waals surface area contributed by atoms with Crippen LogP contribution in [0.15, 0.2) is 0 Å². The second-order valence-corrected chi connectivity index (χ2v) is 3.89. The lowest BCUT2D eigenvalue weighted by atomic mass is 9.86. The molecule has 0 aromatic rings. The Morgan fingerprint density at radius 1 is 1.43 bits per heavy atom. The first-order valence-electron chi connectivity index (χ1n) is 5.21. The minimum absolute atomic E-state index is 0.0312. The van der Waals surface area contributed by atoms with Crippen LogP contribution in [0.5, 0.6) is 0 Å². The fourth-order valence-electron chi connectivity index (χ4n) is 1.98. The summed E-state index contributed by atoms with van der Waals surface area (Å²) in [5, 5.41) is 0. The van der Waals surface area contributed by atoms with Crippen LogP contribution in [0.1, 0.15) is 33.1 Å². The van der Waals surface area contributed by atoms with Crippen LogP contribution in [0.3, 0.4) is 0 Å². The zero-order valence-corrected chi connectivity index (χ0v) is 8.86. The van der Waals surface area contributed by atoms with Crippen molar-refractivity contribution >= 4 is 6.09 Å². The molecular weight excluding hydrogens is 182 g/mol. The van der Waals surface area contributed by atoms with Crippen LogP contribution in [0.4, 0.5) is 4.79 Å². The molecule has 0 saturated heterocycles. The molecule has 1 aliphatic carbocycles. The van der Waals surface area contributed by atoms with E-state index in [4.69, 9.17) is 15.2 Å². The summed E-state index contributed by atoms with van der Waals surface area (Å²) < 4.78 is 10.6. The Kier molecular flexibility index (Phi) is 4.20. The van der Waals surface area contributed by atoms with Crippen LogP contribution < -0.4 is 5.73 Å². The molecule has 4 nitrogen and oxygen atoms in total. The molecule has 0 aromatic carbocycles. The highest BCUT2D eigenvalue weighted by atomic mass is 16.6. The van der Waals surface area contributed by atoms with Gasteiger partial charge in [-0.3, -0.25) is 0 Å². The third kappa shape index (κ3) is 3.18. The summed E-state index contributed by atoms with van der Waals surface area (Å²) >= 11 is 0. The molecule has 4 heteroatoms. The maximum absolute atomic E-state index is 10.7. The van der Waals surface area contributed by atoms with Crippen molar-refractivity contribution in [1.29, 1.82) is 0 Å². The molecule has 1 fully saturated rings. The van der Waals surface area contributed by atoms with Crippen molar-refractivity contribution < 1.29 is 14.3 Å². The van der Waals surface area contributed by atoms with Crippen LogP contribution >= 0.6 is 0 Å². The van der Waals surface area contributed by atoms with E-state index in [1.807, 2.05) is 6.92 Å². The van der Waals surface area contributed by atoms with E-state index in [1.165, 1.54) is 0 Å². The topological polar surface area (TPSA) is 61.6 Å². The third-order valence-corrected chi connectivity index (χ3v) is 2.64. The molecule has 0 radical (unpaired) electrons. The summed E-state index contributed by atoms with van der Waals surface area (Å²) in [7, 11) is 0. The molecule has 3 atom stereocenters. The Bertz CT molecular complexity index is 196. The van der Waals surface area contributed by atoms with E-state index in [9.17, 15) is 4.79 Å². The molecule has 82 valence electrons. The van der Waals surface area contributed by atoms with Gasteiger partial charge in [-0.05, 0) is 32.1 Å². The van der Waals surface area contributed by atoms with E-state index in [2.05, 4.69) is 6.92 Å². The normalized spacial score (nSPS) is 32.6. The first-order valence-corrected chi connectivity index (χ1v) is 5.21. The Morgan fingerprint density at radius 2 is 2.14 bits per heavy atom. The first kappa shape index (κ1) is 11.3. The van der Waals surface area contributed by atoms with E-state index >= 15 is 0 Å². The van der Waals surface area contributed by atoms with Crippen molar-refractivity contribution in [1.82, 2.24) is 0 Å². The highest BCUT2D eigenvalue weighted by Crippen LogP contribution is 2.28. The van der Waals surface area contributed by atoms with E-state index in [0.717, 1.165) is 19.3 Å². The lowest BCUT2D eigenvalue weighted by Gasteiger charge is -2.33. The quantitative estimate of drug-likeness (QED) is 0.755.